The smallest absolute Gasteiger partial charge is 0.370 e. The summed E-state index contributed by atoms with van der Waals surface area (Å²) in [4.78, 5) is 11.2. The average molecular weight is 255 g/mol. The molecule has 1 aromatic rings. The Morgan fingerprint density at radius 2 is 2.18 bits per heavy atom. The fourth-order valence-corrected chi connectivity index (χ4v) is 1.30. The van der Waals surface area contributed by atoms with Gasteiger partial charge in [0.2, 0.25) is 5.17 Å². The van der Waals surface area contributed by atoms with E-state index in [1.165, 1.54) is 0 Å². The predicted octanol–water partition coefficient (Wildman–Crippen LogP) is 2.83. The second-order valence-electron chi connectivity index (χ2n) is 3.55. The third-order valence-corrected chi connectivity index (χ3v) is 2.35. The zero-order chi connectivity index (χ0) is 12.8. The Labute approximate surface area is 106 Å². The second kappa shape index (κ2) is 6.25. The molecule has 0 saturated heterocycles. The molecule has 1 rings (SSSR count). The van der Waals surface area contributed by atoms with Crippen LogP contribution in [0.4, 0.5) is 5.69 Å². The van der Waals surface area contributed by atoms with Crippen molar-refractivity contribution in [3.63, 3.8) is 0 Å². The highest BCUT2D eigenvalue weighted by Crippen LogP contribution is 2.16. The zero-order valence-electron chi connectivity index (χ0n) is 10.1. The number of hydrazone groups is 1. The molecular weight excluding hydrogens is 240 g/mol. The van der Waals surface area contributed by atoms with Gasteiger partial charge in [-0.2, -0.15) is 5.10 Å². The van der Waals surface area contributed by atoms with Crippen molar-refractivity contribution in [3.05, 3.63) is 29.3 Å². The monoisotopic (exact) mass is 254 g/mol. The zero-order valence-corrected chi connectivity index (χ0v) is 10.8. The third kappa shape index (κ3) is 4.07. The van der Waals surface area contributed by atoms with Crippen LogP contribution < -0.4 is 5.43 Å². The molecule has 0 fully saturated rings. The molecule has 0 aliphatic rings. The summed E-state index contributed by atoms with van der Waals surface area (Å²) in [5, 5.41) is 3.56. The summed E-state index contributed by atoms with van der Waals surface area (Å²) in [6.45, 7) is 5.89. The van der Waals surface area contributed by atoms with Crippen molar-refractivity contribution in [1.29, 1.82) is 0 Å². The van der Waals surface area contributed by atoms with E-state index in [0.717, 1.165) is 16.8 Å². The summed E-state index contributed by atoms with van der Waals surface area (Å²) in [6.07, 6.45) is 0. The van der Waals surface area contributed by atoms with E-state index in [9.17, 15) is 4.79 Å². The normalized spacial score (nSPS) is 11.2. The Kier molecular flexibility index (Phi) is 4.97. The number of rotatable bonds is 4. The number of esters is 1. The minimum absolute atomic E-state index is 0.215. The van der Waals surface area contributed by atoms with Crippen molar-refractivity contribution in [1.82, 2.24) is 0 Å². The number of hydrogen-bond acceptors (Lipinski definition) is 4. The summed E-state index contributed by atoms with van der Waals surface area (Å²) in [6, 6.07) is 5.89. The molecule has 0 heterocycles. The van der Waals surface area contributed by atoms with Gasteiger partial charge in [0.05, 0.1) is 12.3 Å². The van der Waals surface area contributed by atoms with Gasteiger partial charge < -0.3 is 4.74 Å². The summed E-state index contributed by atoms with van der Waals surface area (Å²) in [5.41, 5.74) is 5.68. The van der Waals surface area contributed by atoms with Crippen LogP contribution in [0.5, 0.6) is 0 Å². The molecule has 0 aromatic heterocycles. The number of nitrogens with one attached hydrogen (secondary N) is 1. The molecule has 0 aliphatic heterocycles. The van der Waals surface area contributed by atoms with Gasteiger partial charge in [-0.25, -0.2) is 4.79 Å². The van der Waals surface area contributed by atoms with Crippen LogP contribution in [0.2, 0.25) is 0 Å². The molecule has 0 radical (unpaired) electrons. The standard InChI is InChI=1S/C12H15ClN2O2/c1-4-17-12(16)11(13)15-14-10-7-8(2)5-6-9(10)3/h5-7,14H,4H2,1-3H3/b15-11-. The van der Waals surface area contributed by atoms with Crippen LogP contribution in [0.3, 0.4) is 0 Å². The number of carbonyl (C=O) groups is 1. The van der Waals surface area contributed by atoms with E-state index in [-0.39, 0.29) is 11.8 Å². The Morgan fingerprint density at radius 3 is 2.82 bits per heavy atom. The molecule has 17 heavy (non-hydrogen) atoms. The van der Waals surface area contributed by atoms with E-state index in [2.05, 4.69) is 10.5 Å². The van der Waals surface area contributed by atoms with Crippen LogP contribution >= 0.6 is 11.6 Å². The van der Waals surface area contributed by atoms with Gasteiger partial charge in [0.25, 0.3) is 0 Å². The molecule has 5 heteroatoms. The number of carbonyl (C=O) groups excluding carboxylic acids is 1. The fraction of sp³-hybridized carbons (Fsp3) is 0.333. The van der Waals surface area contributed by atoms with Crippen molar-refractivity contribution >= 4 is 28.4 Å². The molecule has 0 saturated carbocycles. The largest absolute Gasteiger partial charge is 0.461 e. The second-order valence-corrected chi connectivity index (χ2v) is 3.91. The SMILES string of the molecule is CCOC(=O)/C(Cl)=N/Nc1cc(C)ccc1C. The minimum atomic E-state index is -0.632. The number of nitrogens with zero attached hydrogens (tertiary/aromatic N) is 1. The lowest BCUT2D eigenvalue weighted by atomic mass is 10.1. The predicted molar refractivity (Wildman–Crippen MR) is 69.5 cm³/mol. The summed E-state index contributed by atoms with van der Waals surface area (Å²) in [5.74, 6) is -0.632. The number of hydrogen-bond donors (Lipinski definition) is 1. The van der Waals surface area contributed by atoms with Crippen LogP contribution in [0.15, 0.2) is 23.3 Å². The highest BCUT2D eigenvalue weighted by atomic mass is 35.5. The van der Waals surface area contributed by atoms with Crippen LogP contribution in [-0.2, 0) is 9.53 Å². The van der Waals surface area contributed by atoms with Crippen LogP contribution in [-0.4, -0.2) is 17.7 Å². The van der Waals surface area contributed by atoms with Crippen molar-refractivity contribution in [2.75, 3.05) is 12.0 Å². The highest BCUT2D eigenvalue weighted by Gasteiger charge is 2.09. The Morgan fingerprint density at radius 1 is 1.47 bits per heavy atom. The molecule has 0 bridgehead atoms. The molecule has 0 aliphatic carbocycles. The number of anilines is 1. The van der Waals surface area contributed by atoms with Gasteiger partial charge in [0.1, 0.15) is 0 Å². The lowest BCUT2D eigenvalue weighted by molar-refractivity contribution is -0.134. The van der Waals surface area contributed by atoms with Crippen LogP contribution in [0.25, 0.3) is 0 Å². The van der Waals surface area contributed by atoms with Crippen molar-refractivity contribution in [3.8, 4) is 0 Å². The van der Waals surface area contributed by atoms with Crippen LogP contribution in [0.1, 0.15) is 18.1 Å². The van der Waals surface area contributed by atoms with E-state index in [1.807, 2.05) is 32.0 Å². The van der Waals surface area contributed by atoms with Gasteiger partial charge in [-0.1, -0.05) is 23.7 Å². The summed E-state index contributed by atoms with van der Waals surface area (Å²) in [7, 11) is 0. The minimum Gasteiger partial charge on any atom is -0.461 e. The Balaban J connectivity index is 2.75. The first kappa shape index (κ1) is 13.5. The lowest BCUT2D eigenvalue weighted by Gasteiger charge is -2.06. The molecule has 0 unspecified atom stereocenters. The van der Waals surface area contributed by atoms with Gasteiger partial charge in [-0.05, 0) is 38.0 Å². The van der Waals surface area contributed by atoms with Gasteiger partial charge in [-0.3, -0.25) is 5.43 Å². The van der Waals surface area contributed by atoms with E-state index in [0.29, 0.717) is 0 Å². The maximum Gasteiger partial charge on any atom is 0.370 e. The first-order chi connectivity index (χ1) is 8.04. The van der Waals surface area contributed by atoms with Gasteiger partial charge in [0, 0.05) is 0 Å². The maximum atomic E-state index is 11.2. The van der Waals surface area contributed by atoms with Crippen molar-refractivity contribution in [2.24, 2.45) is 5.10 Å². The molecule has 92 valence electrons. The van der Waals surface area contributed by atoms with Crippen molar-refractivity contribution < 1.29 is 9.53 Å². The number of ether oxygens (including phenoxy) is 1. The van der Waals surface area contributed by atoms with E-state index >= 15 is 0 Å². The number of aryl methyl sites for hydroxylation is 2. The Hall–Kier alpha value is -1.55. The van der Waals surface area contributed by atoms with Crippen molar-refractivity contribution in [2.45, 2.75) is 20.8 Å². The lowest BCUT2D eigenvalue weighted by Crippen LogP contribution is -2.13. The summed E-state index contributed by atoms with van der Waals surface area (Å²) >= 11 is 5.67. The number of benzene rings is 1. The molecule has 1 aromatic carbocycles. The van der Waals surface area contributed by atoms with E-state index < -0.39 is 5.97 Å². The molecule has 4 nitrogen and oxygen atoms in total. The quantitative estimate of drug-likeness (QED) is 0.511. The van der Waals surface area contributed by atoms with Gasteiger partial charge in [0.15, 0.2) is 0 Å². The fourth-order valence-electron chi connectivity index (χ4n) is 1.20. The first-order valence-electron chi connectivity index (χ1n) is 5.28. The van der Waals surface area contributed by atoms with Crippen LogP contribution in [0, 0.1) is 13.8 Å². The summed E-state index contributed by atoms with van der Waals surface area (Å²) < 4.78 is 4.70. The maximum absolute atomic E-state index is 11.2. The number of halogens is 1. The highest BCUT2D eigenvalue weighted by molar-refractivity contribution is 6.82. The first-order valence-corrected chi connectivity index (χ1v) is 5.66. The third-order valence-electron chi connectivity index (χ3n) is 2.11. The molecule has 1 N–H and O–H groups in total. The topological polar surface area (TPSA) is 50.7 Å². The molecule has 0 atom stereocenters. The average Bonchev–Trinajstić information content (AvgIpc) is 2.30. The molecular formula is C12H15ClN2O2. The van der Waals surface area contributed by atoms with Gasteiger partial charge in [-0.15, -0.1) is 0 Å². The molecule has 0 amide bonds. The van der Waals surface area contributed by atoms with Gasteiger partial charge >= 0.3 is 5.97 Å². The van der Waals surface area contributed by atoms with E-state index in [1.54, 1.807) is 6.92 Å². The van der Waals surface area contributed by atoms with E-state index in [4.69, 9.17) is 16.3 Å². The Bertz CT molecular complexity index is 444. The molecule has 0 spiro atoms.